The number of nitrogens with one attached hydrogen (secondary N) is 2. The van der Waals surface area contributed by atoms with E-state index >= 15 is 0 Å². The van der Waals surface area contributed by atoms with Crippen LogP contribution in [0.4, 0.5) is 11.4 Å². The first-order valence-corrected chi connectivity index (χ1v) is 7.30. The molecule has 0 aliphatic rings. The molecule has 0 amide bonds. The molecule has 8 heteroatoms. The van der Waals surface area contributed by atoms with Crippen LogP contribution in [0.1, 0.15) is 19.0 Å². The molecule has 1 aromatic heterocycles. The minimum Gasteiger partial charge on any atom is -0.331 e. The van der Waals surface area contributed by atoms with Crippen molar-refractivity contribution in [1.82, 2.24) is 10.4 Å². The van der Waals surface area contributed by atoms with Gasteiger partial charge in [0.2, 0.25) is 0 Å². The molecular weight excluding hydrogens is 314 g/mol. The fourth-order valence-corrected chi connectivity index (χ4v) is 1.96. The summed E-state index contributed by atoms with van der Waals surface area (Å²) in [6.07, 6.45) is 2.40. The lowest BCUT2D eigenvalue weighted by Crippen LogP contribution is -2.25. The number of rotatable bonds is 5. The topological polar surface area (TPSA) is 92.5 Å². The SMILES string of the molecule is CC/C(=N\NC(=S)Nc1ccc([N+](=O)[O-])cc1)c1ccccn1. The quantitative estimate of drug-likeness (QED) is 0.379. The van der Waals surface area contributed by atoms with Gasteiger partial charge in [-0.3, -0.25) is 20.5 Å². The number of nitro groups is 1. The number of aromatic nitrogens is 1. The number of hydrogen-bond donors (Lipinski definition) is 2. The number of benzene rings is 1. The summed E-state index contributed by atoms with van der Waals surface area (Å²) in [5.74, 6) is 0. The van der Waals surface area contributed by atoms with Gasteiger partial charge in [0, 0.05) is 24.0 Å². The Morgan fingerprint density at radius 3 is 2.61 bits per heavy atom. The first-order valence-electron chi connectivity index (χ1n) is 6.89. The molecule has 23 heavy (non-hydrogen) atoms. The van der Waals surface area contributed by atoms with Crippen molar-refractivity contribution in [3.63, 3.8) is 0 Å². The largest absolute Gasteiger partial charge is 0.331 e. The predicted octanol–water partition coefficient (Wildman–Crippen LogP) is 3.09. The van der Waals surface area contributed by atoms with Gasteiger partial charge in [-0.2, -0.15) is 5.10 Å². The minimum absolute atomic E-state index is 0.0240. The van der Waals surface area contributed by atoms with Gasteiger partial charge >= 0.3 is 0 Å². The lowest BCUT2D eigenvalue weighted by Gasteiger charge is -2.08. The monoisotopic (exact) mass is 329 g/mol. The normalized spacial score (nSPS) is 10.9. The highest BCUT2D eigenvalue weighted by Gasteiger charge is 2.05. The highest BCUT2D eigenvalue weighted by molar-refractivity contribution is 7.80. The van der Waals surface area contributed by atoms with Gasteiger partial charge in [0.25, 0.3) is 5.69 Å². The second kappa shape index (κ2) is 7.95. The number of nitrogens with zero attached hydrogens (tertiary/aromatic N) is 3. The molecule has 0 spiro atoms. The average Bonchev–Trinajstić information content (AvgIpc) is 2.57. The minimum atomic E-state index is -0.453. The summed E-state index contributed by atoms with van der Waals surface area (Å²) in [4.78, 5) is 14.4. The molecule has 0 fully saturated rings. The average molecular weight is 329 g/mol. The van der Waals surface area contributed by atoms with Gasteiger partial charge in [-0.25, -0.2) is 0 Å². The van der Waals surface area contributed by atoms with Crippen LogP contribution in [0, 0.1) is 10.1 Å². The van der Waals surface area contributed by atoms with Crippen molar-refractivity contribution in [1.29, 1.82) is 0 Å². The second-order valence-electron chi connectivity index (χ2n) is 4.50. The third kappa shape index (κ3) is 4.82. The van der Waals surface area contributed by atoms with E-state index in [-0.39, 0.29) is 5.69 Å². The lowest BCUT2D eigenvalue weighted by atomic mass is 10.2. The van der Waals surface area contributed by atoms with E-state index in [1.807, 2.05) is 25.1 Å². The second-order valence-corrected chi connectivity index (χ2v) is 4.91. The maximum absolute atomic E-state index is 10.6. The van der Waals surface area contributed by atoms with E-state index in [1.54, 1.807) is 18.3 Å². The molecule has 1 aromatic carbocycles. The van der Waals surface area contributed by atoms with Crippen LogP contribution < -0.4 is 10.7 Å². The highest BCUT2D eigenvalue weighted by Crippen LogP contribution is 2.15. The summed E-state index contributed by atoms with van der Waals surface area (Å²) >= 11 is 5.15. The molecule has 0 aliphatic heterocycles. The molecule has 0 bridgehead atoms. The van der Waals surface area contributed by atoms with E-state index < -0.39 is 4.92 Å². The van der Waals surface area contributed by atoms with E-state index in [0.29, 0.717) is 17.2 Å². The van der Waals surface area contributed by atoms with Gasteiger partial charge in [-0.1, -0.05) is 13.0 Å². The van der Waals surface area contributed by atoms with Crippen LogP contribution in [0.15, 0.2) is 53.8 Å². The van der Waals surface area contributed by atoms with Crippen molar-refractivity contribution in [2.45, 2.75) is 13.3 Å². The van der Waals surface area contributed by atoms with Crippen LogP contribution in [0.25, 0.3) is 0 Å². The zero-order valence-corrected chi connectivity index (χ0v) is 13.2. The Morgan fingerprint density at radius 2 is 2.04 bits per heavy atom. The molecule has 0 aliphatic carbocycles. The third-order valence-electron chi connectivity index (χ3n) is 2.92. The number of hydrogen-bond acceptors (Lipinski definition) is 5. The third-order valence-corrected chi connectivity index (χ3v) is 3.12. The summed E-state index contributed by atoms with van der Waals surface area (Å²) in [6.45, 7) is 1.97. The van der Waals surface area contributed by atoms with Gasteiger partial charge in [0.05, 0.1) is 16.3 Å². The zero-order chi connectivity index (χ0) is 16.7. The summed E-state index contributed by atoms with van der Waals surface area (Å²) < 4.78 is 0. The van der Waals surface area contributed by atoms with Crippen LogP contribution in [0.5, 0.6) is 0 Å². The molecule has 118 valence electrons. The fourth-order valence-electron chi connectivity index (χ4n) is 1.79. The lowest BCUT2D eigenvalue weighted by molar-refractivity contribution is -0.384. The van der Waals surface area contributed by atoms with E-state index in [1.165, 1.54) is 12.1 Å². The number of pyridine rings is 1. The standard InChI is InChI=1S/C15H15N5O2S/c1-2-13(14-5-3-4-10-16-14)18-19-15(23)17-11-6-8-12(9-7-11)20(21)22/h3-10H,2H2,1H3,(H2,17,19,23)/b18-13+. The molecule has 0 saturated heterocycles. The van der Waals surface area contributed by atoms with Crippen LogP contribution in [0.3, 0.4) is 0 Å². The molecule has 2 N–H and O–H groups in total. The number of nitro benzene ring substituents is 1. The molecule has 2 rings (SSSR count). The number of thiocarbonyl (C=S) groups is 1. The molecule has 0 radical (unpaired) electrons. The molecule has 0 unspecified atom stereocenters. The molecule has 0 saturated carbocycles. The molecule has 7 nitrogen and oxygen atoms in total. The first kappa shape index (κ1) is 16.5. The van der Waals surface area contributed by atoms with Crippen LogP contribution >= 0.6 is 12.2 Å². The number of non-ortho nitro benzene ring substituents is 1. The smallest absolute Gasteiger partial charge is 0.269 e. The Bertz CT molecular complexity index is 716. The van der Waals surface area contributed by atoms with Gasteiger partial charge in [-0.05, 0) is 42.9 Å². The summed E-state index contributed by atoms with van der Waals surface area (Å²) in [7, 11) is 0. The Labute approximate surface area is 138 Å². The summed E-state index contributed by atoms with van der Waals surface area (Å²) in [5.41, 5.74) is 4.97. The maximum Gasteiger partial charge on any atom is 0.269 e. The molecule has 2 aromatic rings. The van der Waals surface area contributed by atoms with Crippen molar-refractivity contribution in [3.05, 3.63) is 64.5 Å². The van der Waals surface area contributed by atoms with Gasteiger partial charge in [0.15, 0.2) is 5.11 Å². The number of hydrazone groups is 1. The molecular formula is C15H15N5O2S. The van der Waals surface area contributed by atoms with Gasteiger partial charge < -0.3 is 5.32 Å². The Hall–Kier alpha value is -2.87. The van der Waals surface area contributed by atoms with Crippen molar-refractivity contribution in [3.8, 4) is 0 Å². The Kier molecular flexibility index (Phi) is 5.70. The van der Waals surface area contributed by atoms with Crippen molar-refractivity contribution in [2.24, 2.45) is 5.10 Å². The highest BCUT2D eigenvalue weighted by atomic mass is 32.1. The maximum atomic E-state index is 10.6. The Balaban J connectivity index is 1.98. The predicted molar refractivity (Wildman–Crippen MR) is 93.5 cm³/mol. The molecule has 1 heterocycles. The van der Waals surface area contributed by atoms with Crippen molar-refractivity contribution in [2.75, 3.05) is 5.32 Å². The van der Waals surface area contributed by atoms with E-state index in [9.17, 15) is 10.1 Å². The zero-order valence-electron chi connectivity index (χ0n) is 12.4. The van der Waals surface area contributed by atoms with Gasteiger partial charge in [-0.15, -0.1) is 0 Å². The molecule has 0 atom stereocenters. The Morgan fingerprint density at radius 1 is 1.30 bits per heavy atom. The van der Waals surface area contributed by atoms with Crippen LogP contribution in [-0.2, 0) is 0 Å². The summed E-state index contributed by atoms with van der Waals surface area (Å²) in [6, 6.07) is 11.6. The van der Waals surface area contributed by atoms with Crippen molar-refractivity contribution >= 4 is 34.4 Å². The van der Waals surface area contributed by atoms with E-state index in [2.05, 4.69) is 20.8 Å². The fraction of sp³-hybridized carbons (Fsp3) is 0.133. The van der Waals surface area contributed by atoms with Crippen LogP contribution in [0.2, 0.25) is 0 Å². The van der Waals surface area contributed by atoms with E-state index in [0.717, 1.165) is 11.4 Å². The van der Waals surface area contributed by atoms with Crippen LogP contribution in [-0.4, -0.2) is 20.7 Å². The van der Waals surface area contributed by atoms with Gasteiger partial charge in [0.1, 0.15) is 0 Å². The van der Waals surface area contributed by atoms with E-state index in [4.69, 9.17) is 12.2 Å². The summed E-state index contributed by atoms with van der Waals surface area (Å²) in [5, 5.41) is 18.1. The first-order chi connectivity index (χ1) is 11.1. The van der Waals surface area contributed by atoms with Crippen molar-refractivity contribution < 1.29 is 4.92 Å². The number of anilines is 1.